The summed E-state index contributed by atoms with van der Waals surface area (Å²) in [4.78, 5) is 13.2. The SMILES string of the molecule is CCCCC1=[N+]([O-])C2(CCCC2)CN1Cc1ccc(-c2ccccc2NC=O)cc1. The van der Waals surface area contributed by atoms with E-state index in [4.69, 9.17) is 0 Å². The van der Waals surface area contributed by atoms with Gasteiger partial charge in [-0.1, -0.05) is 55.8 Å². The number of carbonyl (C=O) groups is 1. The molecule has 0 unspecified atom stereocenters. The monoisotopic (exact) mass is 405 g/mol. The second kappa shape index (κ2) is 8.90. The fraction of sp³-hybridized carbons (Fsp3) is 0.440. The Kier molecular flexibility index (Phi) is 6.07. The summed E-state index contributed by atoms with van der Waals surface area (Å²) >= 11 is 0. The molecule has 0 aromatic heterocycles. The summed E-state index contributed by atoms with van der Waals surface area (Å²) in [6, 6.07) is 16.3. The van der Waals surface area contributed by atoms with Gasteiger partial charge in [0.05, 0.1) is 0 Å². The minimum absolute atomic E-state index is 0.192. The van der Waals surface area contributed by atoms with Crippen LogP contribution >= 0.6 is 0 Å². The summed E-state index contributed by atoms with van der Waals surface area (Å²) in [7, 11) is 0. The predicted molar refractivity (Wildman–Crippen MR) is 121 cm³/mol. The van der Waals surface area contributed by atoms with E-state index in [-0.39, 0.29) is 5.54 Å². The molecule has 1 spiro atoms. The number of nitrogens with zero attached hydrogens (tertiary/aromatic N) is 2. The Morgan fingerprint density at radius 1 is 1.13 bits per heavy atom. The number of benzene rings is 2. The lowest BCUT2D eigenvalue weighted by atomic mass is 9.98. The molecule has 1 fully saturated rings. The zero-order chi connectivity index (χ0) is 21.0. The van der Waals surface area contributed by atoms with E-state index in [0.29, 0.717) is 6.41 Å². The minimum Gasteiger partial charge on any atom is -0.715 e. The van der Waals surface area contributed by atoms with Crippen LogP contribution in [0.4, 0.5) is 5.69 Å². The second-order valence-electron chi connectivity index (χ2n) is 8.61. The molecule has 30 heavy (non-hydrogen) atoms. The van der Waals surface area contributed by atoms with Crippen LogP contribution in [-0.4, -0.2) is 34.0 Å². The Balaban J connectivity index is 1.53. The van der Waals surface area contributed by atoms with Gasteiger partial charge in [0, 0.05) is 17.7 Å². The van der Waals surface area contributed by atoms with Gasteiger partial charge in [-0.3, -0.25) is 14.4 Å². The van der Waals surface area contributed by atoms with Gasteiger partial charge >= 0.3 is 0 Å². The maximum Gasteiger partial charge on any atom is 0.250 e. The molecule has 0 bridgehead atoms. The third-order valence-corrected chi connectivity index (χ3v) is 6.58. The molecule has 1 aliphatic heterocycles. The molecule has 1 amide bonds. The normalized spacial score (nSPS) is 17.7. The van der Waals surface area contributed by atoms with Crippen molar-refractivity contribution in [2.24, 2.45) is 0 Å². The van der Waals surface area contributed by atoms with E-state index in [2.05, 4.69) is 41.4 Å². The fourth-order valence-electron chi connectivity index (χ4n) is 4.98. The van der Waals surface area contributed by atoms with E-state index in [9.17, 15) is 10.0 Å². The van der Waals surface area contributed by atoms with Gasteiger partial charge in [0.25, 0.3) is 5.84 Å². The summed E-state index contributed by atoms with van der Waals surface area (Å²) in [5, 5.41) is 16.0. The number of anilines is 1. The highest BCUT2D eigenvalue weighted by Gasteiger charge is 2.49. The molecule has 2 aliphatic rings. The first-order valence-electron chi connectivity index (χ1n) is 11.1. The molecular weight excluding hydrogens is 374 g/mol. The molecule has 4 rings (SSSR count). The highest BCUT2D eigenvalue weighted by Crippen LogP contribution is 2.38. The van der Waals surface area contributed by atoms with Gasteiger partial charge in [-0.05, 0) is 49.3 Å². The summed E-state index contributed by atoms with van der Waals surface area (Å²) in [6.45, 7) is 3.80. The standard InChI is InChI=1S/C25H31N3O2/c1-2-3-10-24-27(18-25(28(24)30)15-6-7-16-25)17-20-11-13-21(14-12-20)22-8-4-5-9-23(22)26-19-29/h4-5,8-9,11-14,19H,2-3,6-7,10,15-18H2,1H3,(H,26,29). The lowest BCUT2D eigenvalue weighted by Gasteiger charge is -2.25. The molecule has 1 aliphatic carbocycles. The van der Waals surface area contributed by atoms with E-state index in [0.717, 1.165) is 80.7 Å². The van der Waals surface area contributed by atoms with Crippen molar-refractivity contribution in [2.45, 2.75) is 64.0 Å². The number of amides is 1. The maximum atomic E-state index is 13.2. The van der Waals surface area contributed by atoms with E-state index < -0.39 is 0 Å². The molecule has 0 saturated heterocycles. The number of hydrogen-bond acceptors (Lipinski definition) is 3. The van der Waals surface area contributed by atoms with Crippen LogP contribution in [0.1, 0.15) is 57.4 Å². The Labute approximate surface area is 179 Å². The zero-order valence-electron chi connectivity index (χ0n) is 17.8. The molecule has 158 valence electrons. The Morgan fingerprint density at radius 3 is 2.57 bits per heavy atom. The zero-order valence-corrected chi connectivity index (χ0v) is 17.8. The first kappa shape index (κ1) is 20.5. The third kappa shape index (κ3) is 3.93. The van der Waals surface area contributed by atoms with Crippen LogP contribution < -0.4 is 5.32 Å². The summed E-state index contributed by atoms with van der Waals surface area (Å²) < 4.78 is 1.38. The van der Waals surface area contributed by atoms with Crippen molar-refractivity contribution in [3.05, 3.63) is 59.3 Å². The van der Waals surface area contributed by atoms with Gasteiger partial charge in [-0.2, -0.15) is 0 Å². The van der Waals surface area contributed by atoms with Crippen LogP contribution in [0.3, 0.4) is 0 Å². The van der Waals surface area contributed by atoms with Crippen LogP contribution in [0.5, 0.6) is 0 Å². The predicted octanol–water partition coefficient (Wildman–Crippen LogP) is 5.15. The van der Waals surface area contributed by atoms with Crippen molar-refractivity contribution in [1.82, 2.24) is 4.90 Å². The quantitative estimate of drug-likeness (QED) is 0.375. The van der Waals surface area contributed by atoms with Crippen LogP contribution in [0.2, 0.25) is 0 Å². The summed E-state index contributed by atoms with van der Waals surface area (Å²) in [6.07, 6.45) is 8.09. The van der Waals surface area contributed by atoms with Gasteiger partial charge in [0.1, 0.15) is 18.6 Å². The lowest BCUT2D eigenvalue weighted by Crippen LogP contribution is -2.38. The molecule has 5 nitrogen and oxygen atoms in total. The molecule has 1 heterocycles. The minimum atomic E-state index is -0.192. The van der Waals surface area contributed by atoms with Gasteiger partial charge in [-0.15, -0.1) is 0 Å². The highest BCUT2D eigenvalue weighted by molar-refractivity contribution is 5.85. The third-order valence-electron chi connectivity index (χ3n) is 6.58. The number of para-hydroxylation sites is 1. The smallest absolute Gasteiger partial charge is 0.250 e. The molecule has 1 saturated carbocycles. The Morgan fingerprint density at radius 2 is 1.87 bits per heavy atom. The topological polar surface area (TPSA) is 58.4 Å². The average molecular weight is 406 g/mol. The largest absolute Gasteiger partial charge is 0.715 e. The lowest BCUT2D eigenvalue weighted by molar-refractivity contribution is -0.536. The number of rotatable bonds is 8. The number of hydrogen-bond donors (Lipinski definition) is 1. The van der Waals surface area contributed by atoms with E-state index in [1.54, 1.807) is 0 Å². The molecule has 2 aromatic carbocycles. The average Bonchev–Trinajstić information content (AvgIpc) is 3.34. The highest BCUT2D eigenvalue weighted by atomic mass is 16.5. The Hall–Kier alpha value is -2.82. The number of amidine groups is 1. The van der Waals surface area contributed by atoms with Gasteiger partial charge < -0.3 is 10.5 Å². The van der Waals surface area contributed by atoms with Crippen molar-refractivity contribution >= 4 is 17.9 Å². The number of carbonyl (C=O) groups excluding carboxylic acids is 1. The van der Waals surface area contributed by atoms with Gasteiger partial charge in [0.15, 0.2) is 0 Å². The molecule has 1 N–H and O–H groups in total. The molecular formula is C25H31N3O2. The van der Waals surface area contributed by atoms with Crippen molar-refractivity contribution in [2.75, 3.05) is 11.9 Å². The van der Waals surface area contributed by atoms with Crippen molar-refractivity contribution in [3.8, 4) is 11.1 Å². The molecule has 0 radical (unpaired) electrons. The molecule has 0 atom stereocenters. The first-order chi connectivity index (χ1) is 14.7. The summed E-state index contributed by atoms with van der Waals surface area (Å²) in [5.41, 5.74) is 3.89. The van der Waals surface area contributed by atoms with Crippen LogP contribution in [0.25, 0.3) is 11.1 Å². The van der Waals surface area contributed by atoms with Gasteiger partial charge in [0.2, 0.25) is 6.41 Å². The van der Waals surface area contributed by atoms with E-state index >= 15 is 0 Å². The number of unbranched alkanes of at least 4 members (excludes halogenated alkanes) is 1. The molecule has 2 aromatic rings. The maximum absolute atomic E-state index is 13.2. The van der Waals surface area contributed by atoms with Crippen LogP contribution in [0, 0.1) is 5.21 Å². The van der Waals surface area contributed by atoms with Gasteiger partial charge in [-0.25, -0.2) is 0 Å². The van der Waals surface area contributed by atoms with Crippen molar-refractivity contribution < 1.29 is 9.53 Å². The van der Waals surface area contributed by atoms with Crippen LogP contribution in [-0.2, 0) is 11.3 Å². The van der Waals surface area contributed by atoms with Crippen LogP contribution in [0.15, 0.2) is 48.5 Å². The first-order valence-corrected chi connectivity index (χ1v) is 11.1. The second-order valence-corrected chi connectivity index (χ2v) is 8.61. The number of hydroxylamine groups is 1. The van der Waals surface area contributed by atoms with Crippen molar-refractivity contribution in [3.63, 3.8) is 0 Å². The van der Waals surface area contributed by atoms with E-state index in [1.165, 1.54) is 10.3 Å². The number of nitrogens with one attached hydrogen (secondary N) is 1. The van der Waals surface area contributed by atoms with E-state index in [1.807, 2.05) is 24.3 Å². The summed E-state index contributed by atoms with van der Waals surface area (Å²) in [5.74, 6) is 0.975. The molecule has 5 heteroatoms. The Bertz CT molecular complexity index is 914. The fourth-order valence-corrected chi connectivity index (χ4v) is 4.98. The van der Waals surface area contributed by atoms with Crippen molar-refractivity contribution in [1.29, 1.82) is 0 Å².